The number of hydrogen-bond donors (Lipinski definition) is 1. The van der Waals surface area contributed by atoms with Crippen LogP contribution in [0.4, 0.5) is 10.5 Å². The highest BCUT2D eigenvalue weighted by Gasteiger charge is 2.18. The molecule has 3 aromatic rings. The van der Waals surface area contributed by atoms with E-state index in [0.717, 1.165) is 0 Å². The molecular formula is C17H18N2O6. The van der Waals surface area contributed by atoms with Crippen molar-refractivity contribution in [3.05, 3.63) is 35.4 Å². The van der Waals surface area contributed by atoms with Gasteiger partial charge in [-0.3, -0.25) is 5.32 Å². The average Bonchev–Trinajstić information content (AvgIpc) is 3.14. The smallest absolute Gasteiger partial charge is 0.417 e. The van der Waals surface area contributed by atoms with E-state index in [4.69, 9.17) is 23.2 Å². The largest absolute Gasteiger partial charge is 0.493 e. The zero-order valence-corrected chi connectivity index (χ0v) is 14.3. The van der Waals surface area contributed by atoms with Gasteiger partial charge in [0, 0.05) is 7.11 Å². The van der Waals surface area contributed by atoms with Crippen LogP contribution in [-0.2, 0) is 11.3 Å². The van der Waals surface area contributed by atoms with Crippen molar-refractivity contribution in [3.8, 4) is 11.5 Å². The molecule has 25 heavy (non-hydrogen) atoms. The number of furan rings is 1. The molecule has 132 valence electrons. The highest BCUT2D eigenvalue weighted by atomic mass is 16.6. The number of nitrogens with one attached hydrogen (secondary N) is 1. The van der Waals surface area contributed by atoms with Crippen LogP contribution in [0.1, 0.15) is 17.2 Å². The number of benzene rings is 1. The summed E-state index contributed by atoms with van der Waals surface area (Å²) in [6.45, 7) is 3.72. The number of carbonyl (C=O) groups excluding carboxylic acids is 1. The van der Waals surface area contributed by atoms with Gasteiger partial charge >= 0.3 is 6.09 Å². The average molecular weight is 346 g/mol. The van der Waals surface area contributed by atoms with Gasteiger partial charge in [0.15, 0.2) is 17.1 Å². The molecular weight excluding hydrogens is 328 g/mol. The third-order valence-electron chi connectivity index (χ3n) is 3.63. The van der Waals surface area contributed by atoms with E-state index in [9.17, 15) is 4.79 Å². The van der Waals surface area contributed by atoms with Crippen molar-refractivity contribution in [3.63, 3.8) is 0 Å². The van der Waals surface area contributed by atoms with Crippen LogP contribution in [0.2, 0.25) is 0 Å². The molecule has 0 fully saturated rings. The molecule has 2 aromatic heterocycles. The van der Waals surface area contributed by atoms with Gasteiger partial charge in [0.2, 0.25) is 0 Å². The monoisotopic (exact) mass is 346 g/mol. The van der Waals surface area contributed by atoms with E-state index in [1.54, 1.807) is 39.2 Å². The minimum Gasteiger partial charge on any atom is -0.493 e. The van der Waals surface area contributed by atoms with Crippen LogP contribution in [0.3, 0.4) is 0 Å². The van der Waals surface area contributed by atoms with Gasteiger partial charge in [0.05, 0.1) is 12.5 Å². The molecule has 0 aliphatic carbocycles. The van der Waals surface area contributed by atoms with E-state index in [1.165, 1.54) is 7.11 Å². The lowest BCUT2D eigenvalue weighted by Gasteiger charge is -2.08. The third kappa shape index (κ3) is 3.29. The number of nitrogens with zero attached hydrogens (tertiary/aromatic N) is 1. The molecule has 0 aliphatic rings. The molecule has 0 unspecified atom stereocenters. The number of amides is 1. The number of ether oxygens (including phenoxy) is 3. The van der Waals surface area contributed by atoms with Gasteiger partial charge in [0.25, 0.3) is 0 Å². The fraction of sp³-hybridized carbons (Fsp3) is 0.294. The van der Waals surface area contributed by atoms with Crippen molar-refractivity contribution in [1.29, 1.82) is 0 Å². The van der Waals surface area contributed by atoms with Gasteiger partial charge in [0.1, 0.15) is 29.5 Å². The normalized spacial score (nSPS) is 10.9. The Morgan fingerprint density at radius 2 is 2.00 bits per heavy atom. The molecule has 8 heteroatoms. The van der Waals surface area contributed by atoms with Gasteiger partial charge in [-0.05, 0) is 32.0 Å². The maximum absolute atomic E-state index is 12.2. The van der Waals surface area contributed by atoms with Gasteiger partial charge in [-0.25, -0.2) is 4.79 Å². The van der Waals surface area contributed by atoms with Gasteiger partial charge in [-0.2, -0.15) is 0 Å². The number of carbonyl (C=O) groups is 1. The van der Waals surface area contributed by atoms with Crippen LogP contribution in [0.15, 0.2) is 27.1 Å². The SMILES string of the molecule is COCc1cc2c(OC(=O)Nc3c(C)noc3C)ccc(OC)c2o1. The predicted octanol–water partition coefficient (Wildman–Crippen LogP) is 3.80. The zero-order chi connectivity index (χ0) is 18.0. The lowest BCUT2D eigenvalue weighted by atomic mass is 10.2. The highest BCUT2D eigenvalue weighted by Crippen LogP contribution is 2.36. The minimum atomic E-state index is -0.657. The molecule has 2 heterocycles. The van der Waals surface area contributed by atoms with E-state index in [-0.39, 0.29) is 0 Å². The summed E-state index contributed by atoms with van der Waals surface area (Å²) in [5, 5.41) is 7.02. The van der Waals surface area contributed by atoms with Crippen LogP contribution in [0.5, 0.6) is 11.5 Å². The molecule has 1 aromatic carbocycles. The third-order valence-corrected chi connectivity index (χ3v) is 3.63. The lowest BCUT2D eigenvalue weighted by Crippen LogP contribution is -2.17. The van der Waals surface area contributed by atoms with Crippen molar-refractivity contribution in [2.45, 2.75) is 20.5 Å². The molecule has 0 saturated carbocycles. The molecule has 0 aliphatic heterocycles. The van der Waals surface area contributed by atoms with Gasteiger partial charge in [-0.1, -0.05) is 5.16 Å². The van der Waals surface area contributed by atoms with Crippen molar-refractivity contribution in [2.24, 2.45) is 0 Å². The Balaban J connectivity index is 1.89. The first-order valence-electron chi connectivity index (χ1n) is 7.53. The Hall–Kier alpha value is -3.00. The molecule has 0 atom stereocenters. The van der Waals surface area contributed by atoms with Crippen LogP contribution in [0, 0.1) is 13.8 Å². The number of rotatable bonds is 5. The summed E-state index contributed by atoms with van der Waals surface area (Å²) in [6.07, 6.45) is -0.657. The second-order valence-corrected chi connectivity index (χ2v) is 5.37. The van der Waals surface area contributed by atoms with Crippen LogP contribution < -0.4 is 14.8 Å². The van der Waals surface area contributed by atoms with Gasteiger partial charge in [-0.15, -0.1) is 0 Å². The topological polar surface area (TPSA) is 96.0 Å². The number of anilines is 1. The second kappa shape index (κ2) is 6.86. The fourth-order valence-electron chi connectivity index (χ4n) is 2.48. The molecule has 0 bridgehead atoms. The summed E-state index contributed by atoms with van der Waals surface area (Å²) in [4.78, 5) is 12.2. The van der Waals surface area contributed by atoms with Crippen LogP contribution in [-0.4, -0.2) is 25.5 Å². The molecule has 3 rings (SSSR count). The standard InChI is InChI=1S/C17H18N2O6/c1-9-15(10(2)25-19-9)18-17(20)24-13-5-6-14(22-4)16-12(13)7-11(23-16)8-21-3/h5-7H,8H2,1-4H3,(H,18,20). The molecule has 1 N–H and O–H groups in total. The predicted molar refractivity (Wildman–Crippen MR) is 89.1 cm³/mol. The summed E-state index contributed by atoms with van der Waals surface area (Å²) in [5.74, 6) is 1.97. The summed E-state index contributed by atoms with van der Waals surface area (Å²) in [7, 11) is 3.11. The Morgan fingerprint density at radius 3 is 2.64 bits per heavy atom. The van der Waals surface area contributed by atoms with E-state index < -0.39 is 6.09 Å². The zero-order valence-electron chi connectivity index (χ0n) is 14.3. The maximum Gasteiger partial charge on any atom is 0.417 e. The van der Waals surface area contributed by atoms with Gasteiger partial charge < -0.3 is 23.2 Å². The van der Waals surface area contributed by atoms with E-state index in [1.807, 2.05) is 0 Å². The van der Waals surface area contributed by atoms with Crippen molar-refractivity contribution < 1.29 is 27.9 Å². The number of fused-ring (bicyclic) bond motifs is 1. The number of methoxy groups -OCH3 is 2. The number of hydrogen-bond acceptors (Lipinski definition) is 7. The number of aryl methyl sites for hydroxylation is 2. The Morgan fingerprint density at radius 1 is 1.24 bits per heavy atom. The Kier molecular flexibility index (Phi) is 4.62. The van der Waals surface area contributed by atoms with Crippen molar-refractivity contribution in [2.75, 3.05) is 19.5 Å². The molecule has 1 amide bonds. The molecule has 0 radical (unpaired) electrons. The van der Waals surface area contributed by atoms with Crippen molar-refractivity contribution >= 4 is 22.7 Å². The quantitative estimate of drug-likeness (QED) is 0.750. The Bertz CT molecular complexity index is 892. The Labute approximate surface area is 143 Å². The highest BCUT2D eigenvalue weighted by molar-refractivity contribution is 5.94. The fourth-order valence-corrected chi connectivity index (χ4v) is 2.48. The first-order chi connectivity index (χ1) is 12.0. The second-order valence-electron chi connectivity index (χ2n) is 5.37. The maximum atomic E-state index is 12.2. The van der Waals surface area contributed by atoms with E-state index >= 15 is 0 Å². The molecule has 0 saturated heterocycles. The first-order valence-corrected chi connectivity index (χ1v) is 7.53. The summed E-state index contributed by atoms with van der Waals surface area (Å²) in [5.41, 5.74) is 1.54. The summed E-state index contributed by atoms with van der Waals surface area (Å²) >= 11 is 0. The lowest BCUT2D eigenvalue weighted by molar-refractivity contribution is 0.166. The molecule has 8 nitrogen and oxygen atoms in total. The van der Waals surface area contributed by atoms with E-state index in [2.05, 4.69) is 10.5 Å². The minimum absolute atomic E-state index is 0.294. The molecule has 0 spiro atoms. The first kappa shape index (κ1) is 16.8. The van der Waals surface area contributed by atoms with E-state index in [0.29, 0.717) is 52.0 Å². The number of aromatic nitrogens is 1. The summed E-state index contributed by atoms with van der Waals surface area (Å²) in [6, 6.07) is 5.06. The van der Waals surface area contributed by atoms with Crippen LogP contribution >= 0.6 is 0 Å². The van der Waals surface area contributed by atoms with Crippen LogP contribution in [0.25, 0.3) is 11.0 Å². The summed E-state index contributed by atoms with van der Waals surface area (Å²) < 4.78 is 26.5. The van der Waals surface area contributed by atoms with Crippen molar-refractivity contribution in [1.82, 2.24) is 5.16 Å².